The van der Waals surface area contributed by atoms with Crippen LogP contribution in [0.25, 0.3) is 11.1 Å². The van der Waals surface area contributed by atoms with Crippen LogP contribution in [0, 0.1) is 0 Å². The third-order valence-electron chi connectivity index (χ3n) is 4.90. The summed E-state index contributed by atoms with van der Waals surface area (Å²) in [6.45, 7) is 6.10. The number of quaternary nitrogens is 1. The fraction of sp³-hybridized carbons (Fsp3) is 0.400. The summed E-state index contributed by atoms with van der Waals surface area (Å²) < 4.78 is 10.6. The molecule has 0 saturated heterocycles. The average molecular weight is 438 g/mol. The van der Waals surface area contributed by atoms with E-state index >= 15 is 0 Å². The van der Waals surface area contributed by atoms with Gasteiger partial charge in [0.1, 0.15) is 5.60 Å². The second-order valence-corrected chi connectivity index (χ2v) is 8.91. The summed E-state index contributed by atoms with van der Waals surface area (Å²) >= 11 is 0. The summed E-state index contributed by atoms with van der Waals surface area (Å²) in [4.78, 5) is 16.2. The van der Waals surface area contributed by atoms with E-state index in [9.17, 15) is 4.79 Å². The van der Waals surface area contributed by atoms with Crippen molar-refractivity contribution >= 4 is 6.09 Å². The summed E-state index contributed by atoms with van der Waals surface area (Å²) in [7, 11) is 0. The topological polar surface area (TPSA) is 105 Å². The van der Waals surface area contributed by atoms with E-state index in [2.05, 4.69) is 57.6 Å². The normalized spacial score (nSPS) is 12.4. The Kier molecular flexibility index (Phi) is 8.00. The van der Waals surface area contributed by atoms with Gasteiger partial charge in [-0.1, -0.05) is 59.8 Å². The lowest BCUT2D eigenvalue weighted by Crippen LogP contribution is -2.53. The molecule has 0 unspecified atom stereocenters. The molecule has 4 N–H and O–H groups in total. The van der Waals surface area contributed by atoms with Crippen molar-refractivity contribution in [3.05, 3.63) is 71.9 Å². The first-order valence-corrected chi connectivity index (χ1v) is 11.1. The molecule has 0 aliphatic carbocycles. The number of unbranched alkanes of at least 4 members (excludes halogenated alkanes) is 1. The standard InChI is InChI=1S/C25H32N4O3/c1-25(2,3)31-24(30)27-16-8-7-11-21(26)23-28-22(29-32-23)17-18-12-14-20(15-13-18)19-9-5-4-6-10-19/h4-6,9-10,12-15,21H,7-8,11,16-17,26H2,1-3H3,(H,27,30)/p+1/t21-/m0/s1. The van der Waals surface area contributed by atoms with Crippen molar-refractivity contribution in [2.24, 2.45) is 0 Å². The Morgan fingerprint density at radius 2 is 1.75 bits per heavy atom. The maximum absolute atomic E-state index is 11.6. The van der Waals surface area contributed by atoms with Gasteiger partial charge in [-0.3, -0.25) is 0 Å². The van der Waals surface area contributed by atoms with E-state index in [-0.39, 0.29) is 12.1 Å². The molecule has 0 fully saturated rings. The van der Waals surface area contributed by atoms with Crippen molar-refractivity contribution in [2.75, 3.05) is 6.54 Å². The quantitative estimate of drug-likeness (QED) is 0.486. The number of ether oxygens (including phenoxy) is 1. The summed E-state index contributed by atoms with van der Waals surface area (Å²) in [5, 5.41) is 6.88. The smallest absolute Gasteiger partial charge is 0.407 e. The van der Waals surface area contributed by atoms with Gasteiger partial charge in [-0.05, 0) is 50.3 Å². The van der Waals surface area contributed by atoms with Crippen LogP contribution in [0.2, 0.25) is 0 Å². The highest BCUT2D eigenvalue weighted by Crippen LogP contribution is 2.20. The molecule has 1 aromatic heterocycles. The molecule has 0 aliphatic heterocycles. The zero-order chi connectivity index (χ0) is 23.0. The maximum atomic E-state index is 11.6. The number of nitrogens with one attached hydrogen (secondary N) is 1. The van der Waals surface area contributed by atoms with Crippen LogP contribution >= 0.6 is 0 Å². The Morgan fingerprint density at radius 1 is 1.06 bits per heavy atom. The van der Waals surface area contributed by atoms with Gasteiger partial charge in [0, 0.05) is 19.4 Å². The van der Waals surface area contributed by atoms with Crippen LogP contribution in [0.3, 0.4) is 0 Å². The predicted octanol–water partition coefficient (Wildman–Crippen LogP) is 4.31. The van der Waals surface area contributed by atoms with E-state index in [1.807, 2.05) is 39.0 Å². The van der Waals surface area contributed by atoms with Crippen LogP contribution in [0.15, 0.2) is 59.1 Å². The van der Waals surface area contributed by atoms with Crippen molar-refractivity contribution in [3.8, 4) is 11.1 Å². The number of rotatable bonds is 9. The molecule has 1 heterocycles. The SMILES string of the molecule is CC(C)(C)OC(=O)NCCCC[C@H]([NH3+])c1nc(Cc2ccc(-c3ccccc3)cc2)no1. The third-order valence-corrected chi connectivity index (χ3v) is 4.90. The van der Waals surface area contributed by atoms with E-state index in [4.69, 9.17) is 9.26 Å². The van der Waals surface area contributed by atoms with Crippen LogP contribution < -0.4 is 11.1 Å². The van der Waals surface area contributed by atoms with Crippen molar-refractivity contribution in [3.63, 3.8) is 0 Å². The molecule has 0 spiro atoms. The van der Waals surface area contributed by atoms with Crippen molar-refractivity contribution in [1.82, 2.24) is 15.5 Å². The fourth-order valence-electron chi connectivity index (χ4n) is 3.28. The Morgan fingerprint density at radius 3 is 2.44 bits per heavy atom. The molecule has 32 heavy (non-hydrogen) atoms. The summed E-state index contributed by atoms with van der Waals surface area (Å²) in [6, 6.07) is 18.6. The van der Waals surface area contributed by atoms with Crippen LogP contribution in [0.1, 0.15) is 63.4 Å². The molecule has 1 atom stereocenters. The van der Waals surface area contributed by atoms with Gasteiger partial charge in [0.05, 0.1) is 0 Å². The molecular weight excluding hydrogens is 404 g/mol. The highest BCUT2D eigenvalue weighted by molar-refractivity contribution is 5.67. The number of alkyl carbamates (subject to hydrolysis) is 1. The predicted molar refractivity (Wildman–Crippen MR) is 123 cm³/mol. The molecule has 0 aliphatic rings. The Labute approximate surface area is 189 Å². The molecule has 7 heteroatoms. The maximum Gasteiger partial charge on any atom is 0.407 e. The van der Waals surface area contributed by atoms with Crippen molar-refractivity contribution < 1.29 is 19.8 Å². The molecule has 2 aromatic carbocycles. The average Bonchev–Trinajstić information content (AvgIpc) is 3.22. The largest absolute Gasteiger partial charge is 0.444 e. The number of carbonyl (C=O) groups is 1. The second-order valence-electron chi connectivity index (χ2n) is 8.91. The van der Waals surface area contributed by atoms with Gasteiger partial charge in [0.2, 0.25) is 0 Å². The summed E-state index contributed by atoms with van der Waals surface area (Å²) in [6.07, 6.45) is 2.76. The molecule has 0 bridgehead atoms. The van der Waals surface area contributed by atoms with Crippen LogP contribution in [-0.2, 0) is 11.2 Å². The van der Waals surface area contributed by atoms with Gasteiger partial charge in [-0.15, -0.1) is 0 Å². The fourth-order valence-corrected chi connectivity index (χ4v) is 3.28. The lowest BCUT2D eigenvalue weighted by Gasteiger charge is -2.19. The first-order chi connectivity index (χ1) is 15.3. The number of aromatic nitrogens is 2. The molecule has 170 valence electrons. The lowest BCUT2D eigenvalue weighted by atomic mass is 10.0. The van der Waals surface area contributed by atoms with Crippen LogP contribution in [0.5, 0.6) is 0 Å². The zero-order valence-electron chi connectivity index (χ0n) is 19.1. The van der Waals surface area contributed by atoms with E-state index in [1.165, 1.54) is 11.1 Å². The minimum atomic E-state index is -0.484. The minimum absolute atomic E-state index is 0.0711. The lowest BCUT2D eigenvalue weighted by molar-refractivity contribution is -0.433. The summed E-state index contributed by atoms with van der Waals surface area (Å²) in [5.41, 5.74) is 7.17. The number of hydrogen-bond donors (Lipinski definition) is 2. The van der Waals surface area contributed by atoms with E-state index in [0.29, 0.717) is 24.7 Å². The molecule has 0 saturated carbocycles. The van der Waals surface area contributed by atoms with E-state index < -0.39 is 5.60 Å². The molecule has 3 rings (SSSR count). The first kappa shape index (κ1) is 23.5. The highest BCUT2D eigenvalue weighted by atomic mass is 16.6. The Bertz CT molecular complexity index is 978. The molecule has 1 amide bonds. The van der Waals surface area contributed by atoms with Crippen LogP contribution in [0.4, 0.5) is 4.79 Å². The highest BCUT2D eigenvalue weighted by Gasteiger charge is 2.19. The van der Waals surface area contributed by atoms with Gasteiger partial charge in [-0.25, -0.2) is 4.79 Å². The first-order valence-electron chi connectivity index (χ1n) is 11.1. The van der Waals surface area contributed by atoms with Crippen LogP contribution in [-0.4, -0.2) is 28.4 Å². The zero-order valence-corrected chi connectivity index (χ0v) is 19.1. The van der Waals surface area contributed by atoms with Gasteiger partial charge in [0.15, 0.2) is 11.9 Å². The van der Waals surface area contributed by atoms with Gasteiger partial charge in [0.25, 0.3) is 5.89 Å². The van der Waals surface area contributed by atoms with Gasteiger partial charge in [-0.2, -0.15) is 4.98 Å². The third kappa shape index (κ3) is 7.50. The molecule has 3 aromatic rings. The van der Waals surface area contributed by atoms with E-state index in [1.54, 1.807) is 0 Å². The number of hydrogen-bond acceptors (Lipinski definition) is 5. The summed E-state index contributed by atoms with van der Waals surface area (Å²) in [5.74, 6) is 1.22. The second kappa shape index (κ2) is 10.9. The Balaban J connectivity index is 1.41. The Hall–Kier alpha value is -3.19. The van der Waals surface area contributed by atoms with E-state index in [0.717, 1.165) is 24.8 Å². The number of benzene rings is 2. The van der Waals surface area contributed by atoms with Gasteiger partial charge >= 0.3 is 6.09 Å². The van der Waals surface area contributed by atoms with Gasteiger partial charge < -0.3 is 20.3 Å². The molecular formula is C25H33N4O3+. The number of nitrogens with zero attached hydrogens (tertiary/aromatic N) is 2. The number of amides is 1. The minimum Gasteiger partial charge on any atom is -0.444 e. The molecule has 0 radical (unpaired) electrons. The monoisotopic (exact) mass is 437 g/mol. The molecule has 7 nitrogen and oxygen atoms in total. The van der Waals surface area contributed by atoms with Crippen molar-refractivity contribution in [2.45, 2.75) is 58.1 Å². The van der Waals surface area contributed by atoms with Crippen molar-refractivity contribution in [1.29, 1.82) is 0 Å². The number of carbonyl (C=O) groups excluding carboxylic acids is 1.